The fourth-order valence-corrected chi connectivity index (χ4v) is 1.16. The monoisotopic (exact) mass is 246 g/mol. The van der Waals surface area contributed by atoms with Crippen molar-refractivity contribution in [1.82, 2.24) is 0 Å². The Morgan fingerprint density at radius 3 is 1.76 bits per heavy atom. The minimum Gasteiger partial charge on any atom is -0.429 e. The summed E-state index contributed by atoms with van der Waals surface area (Å²) >= 11 is 0. The highest BCUT2D eigenvalue weighted by Gasteiger charge is 2.55. The predicted molar refractivity (Wildman–Crippen MR) is 61.1 cm³/mol. The molecule has 1 aliphatic rings. The van der Waals surface area contributed by atoms with Crippen molar-refractivity contribution in [3.8, 4) is 0 Å². The third-order valence-electron chi connectivity index (χ3n) is 3.06. The normalized spacial score (nSPS) is 17.8. The fraction of sp³-hybridized carbons (Fsp3) is 0.917. The largest absolute Gasteiger partial charge is 0.509 e. The maximum Gasteiger partial charge on any atom is 0.509 e. The van der Waals surface area contributed by atoms with Crippen LogP contribution in [0.3, 0.4) is 0 Å². The molecule has 0 amide bonds. The van der Waals surface area contributed by atoms with Crippen molar-refractivity contribution in [3.63, 3.8) is 0 Å². The molecule has 1 fully saturated rings. The number of carbonyl (C=O) groups excluding carboxylic acids is 1. The Bertz CT molecular complexity index is 297. The van der Waals surface area contributed by atoms with E-state index in [9.17, 15) is 4.79 Å². The summed E-state index contributed by atoms with van der Waals surface area (Å²) in [5.41, 5.74) is -1.77. The Morgan fingerprint density at radius 2 is 1.41 bits per heavy atom. The van der Waals surface area contributed by atoms with Gasteiger partial charge in [0.25, 0.3) is 0 Å². The summed E-state index contributed by atoms with van der Waals surface area (Å²) in [4.78, 5) is 21.3. The summed E-state index contributed by atoms with van der Waals surface area (Å²) in [7, 11) is 0. The summed E-state index contributed by atoms with van der Waals surface area (Å²) in [5.74, 6) is 0. The zero-order chi connectivity index (χ0) is 13.5. The molecular weight excluding hydrogens is 224 g/mol. The Labute approximate surface area is 102 Å². The number of rotatable bonds is 3. The van der Waals surface area contributed by atoms with Gasteiger partial charge in [-0.1, -0.05) is 13.8 Å². The molecule has 0 unspecified atom stereocenters. The topological polar surface area (TPSA) is 60.6 Å². The first kappa shape index (κ1) is 14.3. The highest BCUT2D eigenvalue weighted by molar-refractivity contribution is 5.61. The highest BCUT2D eigenvalue weighted by Crippen LogP contribution is 2.44. The Balaban J connectivity index is 2.62. The molecule has 0 bridgehead atoms. The zero-order valence-corrected chi connectivity index (χ0v) is 11.6. The molecule has 0 aliphatic carbocycles. The van der Waals surface area contributed by atoms with Crippen LogP contribution in [0.4, 0.5) is 4.79 Å². The molecule has 1 saturated heterocycles. The Hall–Kier alpha value is -0.810. The van der Waals surface area contributed by atoms with Gasteiger partial charge in [0.1, 0.15) is 11.2 Å². The van der Waals surface area contributed by atoms with Gasteiger partial charge in [-0.15, -0.1) is 0 Å². The summed E-state index contributed by atoms with van der Waals surface area (Å²) in [5, 5.41) is 0. The fourth-order valence-electron chi connectivity index (χ4n) is 1.16. The first-order valence-electron chi connectivity index (χ1n) is 5.70. The number of ether oxygens (including phenoxy) is 2. The molecule has 5 nitrogen and oxygen atoms in total. The van der Waals surface area contributed by atoms with Gasteiger partial charge >= 0.3 is 6.16 Å². The molecule has 5 heteroatoms. The third-order valence-corrected chi connectivity index (χ3v) is 3.06. The summed E-state index contributed by atoms with van der Waals surface area (Å²) in [6.45, 7) is 12.8. The lowest BCUT2D eigenvalue weighted by Gasteiger charge is -2.38. The molecule has 0 aromatic heterocycles. The van der Waals surface area contributed by atoms with E-state index in [2.05, 4.69) is 0 Å². The molecule has 0 saturated carbocycles. The molecule has 0 aromatic carbocycles. The second-order valence-electron chi connectivity index (χ2n) is 6.32. The predicted octanol–water partition coefficient (Wildman–Crippen LogP) is 3.03. The van der Waals surface area contributed by atoms with E-state index in [1.165, 1.54) is 0 Å². The molecule has 0 N–H and O–H groups in total. The molecule has 0 aromatic rings. The second-order valence-corrected chi connectivity index (χ2v) is 6.32. The number of carbonyl (C=O) groups is 1. The van der Waals surface area contributed by atoms with Crippen LogP contribution in [0.1, 0.15) is 48.5 Å². The van der Waals surface area contributed by atoms with Gasteiger partial charge in [0.2, 0.25) is 6.29 Å². The van der Waals surface area contributed by atoms with Crippen LogP contribution >= 0.6 is 0 Å². The summed E-state index contributed by atoms with van der Waals surface area (Å²) < 4.78 is 10.5. The molecular formula is C12H22O5. The first-order chi connectivity index (χ1) is 7.46. The molecule has 0 spiro atoms. The zero-order valence-electron chi connectivity index (χ0n) is 11.6. The Kier molecular flexibility index (Phi) is 3.47. The van der Waals surface area contributed by atoms with Crippen molar-refractivity contribution >= 4 is 6.16 Å². The van der Waals surface area contributed by atoms with Crippen molar-refractivity contribution < 1.29 is 24.0 Å². The smallest absolute Gasteiger partial charge is 0.429 e. The van der Waals surface area contributed by atoms with Gasteiger partial charge in [0.15, 0.2) is 0 Å². The molecule has 1 heterocycles. The average molecular weight is 246 g/mol. The van der Waals surface area contributed by atoms with E-state index in [1.54, 1.807) is 20.8 Å². The maximum atomic E-state index is 11.6. The molecule has 17 heavy (non-hydrogen) atoms. The van der Waals surface area contributed by atoms with Crippen LogP contribution in [0.5, 0.6) is 0 Å². The quantitative estimate of drug-likeness (QED) is 0.435. The van der Waals surface area contributed by atoms with Crippen LogP contribution in [-0.2, 0) is 19.2 Å². The lowest BCUT2D eigenvalue weighted by molar-refractivity contribution is -0.106. The molecule has 100 valence electrons. The van der Waals surface area contributed by atoms with Gasteiger partial charge in [0.05, 0.1) is 5.41 Å². The highest BCUT2D eigenvalue weighted by atomic mass is 17.4. The van der Waals surface area contributed by atoms with E-state index in [0.29, 0.717) is 0 Å². The van der Waals surface area contributed by atoms with Crippen molar-refractivity contribution in [1.29, 1.82) is 0 Å². The lowest BCUT2D eigenvalue weighted by Crippen LogP contribution is -2.47. The Morgan fingerprint density at radius 1 is 0.941 bits per heavy atom. The van der Waals surface area contributed by atoms with Crippen molar-refractivity contribution in [2.75, 3.05) is 0 Å². The molecule has 0 radical (unpaired) electrons. The van der Waals surface area contributed by atoms with Gasteiger partial charge in [0, 0.05) is 0 Å². The minimum atomic E-state index is -0.753. The molecule has 0 atom stereocenters. The van der Waals surface area contributed by atoms with Gasteiger partial charge < -0.3 is 9.47 Å². The van der Waals surface area contributed by atoms with E-state index in [1.807, 2.05) is 27.7 Å². The van der Waals surface area contributed by atoms with Crippen LogP contribution in [0.15, 0.2) is 0 Å². The maximum absolute atomic E-state index is 11.6. The van der Waals surface area contributed by atoms with Crippen molar-refractivity contribution in [2.24, 2.45) is 5.41 Å². The van der Waals surface area contributed by atoms with E-state index in [4.69, 9.17) is 19.2 Å². The number of hydrogen-bond donors (Lipinski definition) is 0. The van der Waals surface area contributed by atoms with Crippen molar-refractivity contribution in [3.05, 3.63) is 0 Å². The number of hydrogen-bond acceptors (Lipinski definition) is 5. The lowest BCUT2D eigenvalue weighted by atomic mass is 9.77. The van der Waals surface area contributed by atoms with Crippen LogP contribution in [0.25, 0.3) is 0 Å². The van der Waals surface area contributed by atoms with E-state index in [-0.39, 0.29) is 6.29 Å². The van der Waals surface area contributed by atoms with Gasteiger partial charge in [-0.3, -0.25) is 0 Å². The van der Waals surface area contributed by atoms with Crippen LogP contribution < -0.4 is 0 Å². The van der Waals surface area contributed by atoms with Crippen molar-refractivity contribution in [2.45, 2.75) is 66.0 Å². The van der Waals surface area contributed by atoms with E-state index < -0.39 is 22.8 Å². The van der Waals surface area contributed by atoms with Gasteiger partial charge in [-0.05, 0) is 34.6 Å². The summed E-state index contributed by atoms with van der Waals surface area (Å²) in [6.07, 6.45) is -1.03. The van der Waals surface area contributed by atoms with Gasteiger partial charge in [-0.2, -0.15) is 9.78 Å². The van der Waals surface area contributed by atoms with E-state index in [0.717, 1.165) is 0 Å². The van der Waals surface area contributed by atoms with Crippen LogP contribution in [-0.4, -0.2) is 23.6 Å². The SMILES string of the molecule is CC(C)(C)OC(=O)OC(C)(C)C(C)(C)C1OO1. The third kappa shape index (κ3) is 3.57. The summed E-state index contributed by atoms with van der Waals surface area (Å²) in [6, 6.07) is 0. The second kappa shape index (κ2) is 4.14. The minimum absolute atomic E-state index is 0.347. The van der Waals surface area contributed by atoms with Gasteiger partial charge in [-0.25, -0.2) is 4.79 Å². The van der Waals surface area contributed by atoms with Crippen LogP contribution in [0.2, 0.25) is 0 Å². The standard InChI is InChI=1S/C12H22O5/c1-10(2,3)14-9(13)15-12(6,7)11(4,5)8-16-17-8/h8H,1-7H3. The first-order valence-corrected chi connectivity index (χ1v) is 5.70. The van der Waals surface area contributed by atoms with E-state index >= 15 is 0 Å². The molecule has 1 aliphatic heterocycles. The van der Waals surface area contributed by atoms with Crippen LogP contribution in [0, 0.1) is 5.41 Å². The average Bonchev–Trinajstić information content (AvgIpc) is 2.78. The molecule has 1 rings (SSSR count).